The van der Waals surface area contributed by atoms with Crippen LogP contribution in [0.5, 0.6) is 0 Å². The van der Waals surface area contributed by atoms with Crippen LogP contribution < -0.4 is 9.80 Å². The average Bonchev–Trinajstić information content (AvgIpc) is 3.46. The van der Waals surface area contributed by atoms with Gasteiger partial charge in [-0.25, -0.2) is 4.98 Å². The van der Waals surface area contributed by atoms with E-state index >= 15 is 0 Å². The SMILES string of the molecule is Cc1ccc(N2CC(C(=O)N3CCN(c4nccn4-c4cccc(Cl)c4)CC3)CC2=O)cc1. The van der Waals surface area contributed by atoms with Crippen LogP contribution in [-0.4, -0.2) is 59.0 Å². The van der Waals surface area contributed by atoms with Gasteiger partial charge in [-0.15, -0.1) is 0 Å². The van der Waals surface area contributed by atoms with Crippen LogP contribution in [0.3, 0.4) is 0 Å². The van der Waals surface area contributed by atoms with Gasteiger partial charge in [0.25, 0.3) is 0 Å². The maximum atomic E-state index is 13.2. The number of benzene rings is 2. The fourth-order valence-electron chi connectivity index (χ4n) is 4.59. The largest absolute Gasteiger partial charge is 0.339 e. The van der Waals surface area contributed by atoms with Crippen LogP contribution in [0.15, 0.2) is 60.9 Å². The van der Waals surface area contributed by atoms with Gasteiger partial charge in [0.15, 0.2) is 0 Å². The zero-order chi connectivity index (χ0) is 22.9. The molecule has 2 amide bonds. The number of hydrogen-bond acceptors (Lipinski definition) is 4. The van der Waals surface area contributed by atoms with Gasteiger partial charge in [0, 0.05) is 67.9 Å². The predicted octanol–water partition coefficient (Wildman–Crippen LogP) is 3.54. The molecule has 1 aromatic heterocycles. The second kappa shape index (κ2) is 8.90. The summed E-state index contributed by atoms with van der Waals surface area (Å²) in [6, 6.07) is 15.5. The number of halogens is 1. The fourth-order valence-corrected chi connectivity index (χ4v) is 4.77. The first-order valence-electron chi connectivity index (χ1n) is 11.2. The summed E-state index contributed by atoms with van der Waals surface area (Å²) in [6.07, 6.45) is 3.96. The number of aromatic nitrogens is 2. The molecule has 2 aliphatic rings. The van der Waals surface area contributed by atoms with Crippen molar-refractivity contribution in [2.24, 2.45) is 5.92 Å². The maximum Gasteiger partial charge on any atom is 0.228 e. The summed E-state index contributed by atoms with van der Waals surface area (Å²) in [5.74, 6) is 0.625. The normalized spacial score (nSPS) is 18.8. The summed E-state index contributed by atoms with van der Waals surface area (Å²) in [6.45, 7) is 5.05. The molecule has 7 nitrogen and oxygen atoms in total. The number of imidazole rings is 1. The molecule has 2 aromatic carbocycles. The molecule has 0 saturated carbocycles. The highest BCUT2D eigenvalue weighted by Gasteiger charge is 2.38. The van der Waals surface area contributed by atoms with E-state index in [0.717, 1.165) is 22.9 Å². The lowest BCUT2D eigenvalue weighted by Gasteiger charge is -2.36. The van der Waals surface area contributed by atoms with E-state index in [9.17, 15) is 9.59 Å². The van der Waals surface area contributed by atoms with Crippen molar-refractivity contribution in [2.75, 3.05) is 42.5 Å². The zero-order valence-corrected chi connectivity index (χ0v) is 19.3. The van der Waals surface area contributed by atoms with E-state index in [2.05, 4.69) is 9.88 Å². The summed E-state index contributed by atoms with van der Waals surface area (Å²) < 4.78 is 2.01. The van der Waals surface area contributed by atoms with Crippen molar-refractivity contribution >= 4 is 35.1 Å². The summed E-state index contributed by atoms with van der Waals surface area (Å²) in [5, 5.41) is 0.674. The van der Waals surface area contributed by atoms with E-state index in [0.29, 0.717) is 37.7 Å². The number of amides is 2. The maximum absolute atomic E-state index is 13.2. The van der Waals surface area contributed by atoms with Crippen molar-refractivity contribution in [1.82, 2.24) is 14.5 Å². The number of carbonyl (C=O) groups is 2. The monoisotopic (exact) mass is 463 g/mol. The van der Waals surface area contributed by atoms with Gasteiger partial charge in [-0.2, -0.15) is 0 Å². The van der Waals surface area contributed by atoms with Crippen LogP contribution in [0.4, 0.5) is 11.6 Å². The standard InChI is InChI=1S/C25H26ClN5O2/c1-18-5-7-21(8-6-18)31-17-19(15-23(31)32)24(33)28-11-13-29(14-12-28)25-27-9-10-30(25)22-4-2-3-20(26)16-22/h2-10,16,19H,11-15,17H2,1H3. The predicted molar refractivity (Wildman–Crippen MR) is 129 cm³/mol. The van der Waals surface area contributed by atoms with Gasteiger partial charge < -0.3 is 14.7 Å². The number of carbonyl (C=O) groups excluding carboxylic acids is 2. The number of anilines is 2. The van der Waals surface area contributed by atoms with Crippen LogP contribution in [0.2, 0.25) is 5.02 Å². The molecule has 1 atom stereocenters. The molecular formula is C25H26ClN5O2. The first kappa shape index (κ1) is 21.5. The number of piperazine rings is 1. The molecule has 2 fully saturated rings. The van der Waals surface area contributed by atoms with E-state index in [4.69, 9.17) is 11.6 Å². The van der Waals surface area contributed by atoms with E-state index in [1.54, 1.807) is 11.1 Å². The Morgan fingerprint density at radius 3 is 2.52 bits per heavy atom. The zero-order valence-electron chi connectivity index (χ0n) is 18.5. The molecule has 170 valence electrons. The van der Waals surface area contributed by atoms with Crippen molar-refractivity contribution in [3.8, 4) is 5.69 Å². The lowest BCUT2D eigenvalue weighted by molar-refractivity contribution is -0.136. The molecule has 33 heavy (non-hydrogen) atoms. The van der Waals surface area contributed by atoms with Gasteiger partial charge in [-0.3, -0.25) is 14.2 Å². The Bertz CT molecular complexity index is 1170. The Hall–Kier alpha value is -3.32. The number of hydrogen-bond donors (Lipinski definition) is 0. The van der Waals surface area contributed by atoms with Crippen molar-refractivity contribution in [2.45, 2.75) is 13.3 Å². The third-order valence-corrected chi connectivity index (χ3v) is 6.64. The smallest absolute Gasteiger partial charge is 0.228 e. The minimum atomic E-state index is -0.293. The molecule has 3 heterocycles. The van der Waals surface area contributed by atoms with Crippen molar-refractivity contribution in [1.29, 1.82) is 0 Å². The molecule has 1 unspecified atom stereocenters. The van der Waals surface area contributed by atoms with Crippen molar-refractivity contribution < 1.29 is 9.59 Å². The molecule has 0 radical (unpaired) electrons. The summed E-state index contributed by atoms with van der Waals surface area (Å²) in [5.41, 5.74) is 2.96. The topological polar surface area (TPSA) is 61.7 Å². The minimum absolute atomic E-state index is 0.0133. The van der Waals surface area contributed by atoms with Gasteiger partial charge in [-0.05, 0) is 37.3 Å². The van der Waals surface area contributed by atoms with Gasteiger partial charge in [0.05, 0.1) is 5.92 Å². The Labute approximate surface area is 198 Å². The van der Waals surface area contributed by atoms with E-state index in [1.807, 2.05) is 71.1 Å². The number of nitrogens with zero attached hydrogens (tertiary/aromatic N) is 5. The second-order valence-corrected chi connectivity index (χ2v) is 9.07. The Morgan fingerprint density at radius 2 is 1.79 bits per heavy atom. The average molecular weight is 464 g/mol. The Balaban J connectivity index is 1.22. The molecule has 5 rings (SSSR count). The molecule has 2 aliphatic heterocycles. The summed E-state index contributed by atoms with van der Waals surface area (Å²) in [4.78, 5) is 36.1. The quantitative estimate of drug-likeness (QED) is 0.593. The van der Waals surface area contributed by atoms with Gasteiger partial charge >= 0.3 is 0 Å². The molecule has 2 saturated heterocycles. The number of rotatable bonds is 4. The molecule has 0 aliphatic carbocycles. The molecule has 0 N–H and O–H groups in total. The molecular weight excluding hydrogens is 438 g/mol. The van der Waals surface area contributed by atoms with Crippen LogP contribution in [0, 0.1) is 12.8 Å². The lowest BCUT2D eigenvalue weighted by Crippen LogP contribution is -2.51. The van der Waals surface area contributed by atoms with Crippen LogP contribution in [0.1, 0.15) is 12.0 Å². The molecule has 8 heteroatoms. The highest BCUT2D eigenvalue weighted by Crippen LogP contribution is 2.28. The highest BCUT2D eigenvalue weighted by molar-refractivity contribution is 6.30. The second-order valence-electron chi connectivity index (χ2n) is 8.63. The first-order chi connectivity index (χ1) is 16.0. The minimum Gasteiger partial charge on any atom is -0.339 e. The first-order valence-corrected chi connectivity index (χ1v) is 11.6. The molecule has 0 spiro atoms. The van der Waals surface area contributed by atoms with Crippen LogP contribution in [-0.2, 0) is 9.59 Å². The van der Waals surface area contributed by atoms with E-state index in [-0.39, 0.29) is 24.2 Å². The van der Waals surface area contributed by atoms with E-state index < -0.39 is 0 Å². The Morgan fingerprint density at radius 1 is 1.03 bits per heavy atom. The third kappa shape index (κ3) is 4.33. The number of aryl methyl sites for hydroxylation is 1. The van der Waals surface area contributed by atoms with Crippen molar-refractivity contribution in [3.05, 3.63) is 71.5 Å². The summed E-state index contributed by atoms with van der Waals surface area (Å²) in [7, 11) is 0. The van der Waals surface area contributed by atoms with E-state index in [1.165, 1.54) is 0 Å². The third-order valence-electron chi connectivity index (χ3n) is 6.40. The molecule has 0 bridgehead atoms. The molecule has 3 aromatic rings. The van der Waals surface area contributed by atoms with Gasteiger partial charge in [-0.1, -0.05) is 35.4 Å². The Kier molecular flexibility index (Phi) is 5.81. The summed E-state index contributed by atoms with van der Waals surface area (Å²) >= 11 is 6.16. The van der Waals surface area contributed by atoms with Crippen molar-refractivity contribution in [3.63, 3.8) is 0 Å². The van der Waals surface area contributed by atoms with Crippen LogP contribution in [0.25, 0.3) is 5.69 Å². The van der Waals surface area contributed by atoms with Gasteiger partial charge in [0.1, 0.15) is 0 Å². The van der Waals surface area contributed by atoms with Gasteiger partial charge in [0.2, 0.25) is 17.8 Å². The lowest BCUT2D eigenvalue weighted by atomic mass is 10.1. The van der Waals surface area contributed by atoms with Crippen LogP contribution >= 0.6 is 11.6 Å². The highest BCUT2D eigenvalue weighted by atomic mass is 35.5. The fraction of sp³-hybridized carbons (Fsp3) is 0.320.